The van der Waals surface area contributed by atoms with Crippen molar-refractivity contribution in [2.24, 2.45) is 10.2 Å². The Balaban J connectivity index is 2.03. The molecule has 2 rings (SSSR count). The zero-order valence-electron chi connectivity index (χ0n) is 9.56. The molecule has 0 aliphatic rings. The molecule has 0 aliphatic carbocycles. The summed E-state index contributed by atoms with van der Waals surface area (Å²) in [5.41, 5.74) is 1.53. The van der Waals surface area contributed by atoms with E-state index in [-0.39, 0.29) is 11.5 Å². The van der Waals surface area contributed by atoms with Crippen molar-refractivity contribution in [1.82, 2.24) is 0 Å². The average Bonchev–Trinajstić information content (AvgIpc) is 2.35. The lowest BCUT2D eigenvalue weighted by Crippen LogP contribution is -1.81. The van der Waals surface area contributed by atoms with Gasteiger partial charge < -0.3 is 10.2 Å². The highest BCUT2D eigenvalue weighted by molar-refractivity contribution is 5.83. The van der Waals surface area contributed by atoms with Gasteiger partial charge in [0, 0.05) is 0 Å². The zero-order valence-corrected chi connectivity index (χ0v) is 9.56. The lowest BCUT2D eigenvalue weighted by molar-refractivity contribution is 0.474. The second kappa shape index (κ2) is 5.63. The van der Waals surface area contributed by atoms with E-state index in [9.17, 15) is 10.2 Å². The number of benzene rings is 2. The van der Waals surface area contributed by atoms with Gasteiger partial charge in [0.25, 0.3) is 0 Å². The third-order valence-corrected chi connectivity index (χ3v) is 2.22. The van der Waals surface area contributed by atoms with E-state index >= 15 is 0 Å². The normalized spacial score (nSPS) is 11.3. The fraction of sp³-hybridized carbons (Fsp3) is 0. The Hall–Kier alpha value is -2.62. The van der Waals surface area contributed by atoms with Crippen molar-refractivity contribution < 1.29 is 10.2 Å². The molecule has 0 amide bonds. The summed E-state index contributed by atoms with van der Waals surface area (Å²) < 4.78 is 0. The van der Waals surface area contributed by atoms with E-state index in [1.165, 1.54) is 0 Å². The maximum Gasteiger partial charge on any atom is 0.116 e. The number of hydrogen-bond acceptors (Lipinski definition) is 4. The summed E-state index contributed by atoms with van der Waals surface area (Å²) in [6, 6.07) is 13.5. The first-order valence-electron chi connectivity index (χ1n) is 5.38. The van der Waals surface area contributed by atoms with E-state index < -0.39 is 0 Å². The number of nitrogens with zero attached hydrogens (tertiary/aromatic N) is 2. The van der Waals surface area contributed by atoms with Crippen molar-refractivity contribution in [2.75, 3.05) is 0 Å². The van der Waals surface area contributed by atoms with Gasteiger partial charge in [0.05, 0.1) is 12.4 Å². The van der Waals surface area contributed by atoms with E-state index in [0.29, 0.717) is 0 Å². The van der Waals surface area contributed by atoms with Crippen LogP contribution in [0, 0.1) is 0 Å². The molecule has 0 fully saturated rings. The van der Waals surface area contributed by atoms with E-state index in [1.807, 2.05) is 12.1 Å². The quantitative estimate of drug-likeness (QED) is 0.639. The maximum absolute atomic E-state index is 9.25. The van der Waals surface area contributed by atoms with E-state index in [1.54, 1.807) is 48.8 Å². The van der Waals surface area contributed by atoms with Crippen LogP contribution < -0.4 is 0 Å². The molecule has 2 aromatic carbocycles. The Morgan fingerprint density at radius 2 is 1.17 bits per heavy atom. The third kappa shape index (κ3) is 3.45. The van der Waals surface area contributed by atoms with Gasteiger partial charge in [0.15, 0.2) is 0 Å². The molecule has 0 radical (unpaired) electrons. The van der Waals surface area contributed by atoms with Crippen molar-refractivity contribution in [2.45, 2.75) is 0 Å². The van der Waals surface area contributed by atoms with Gasteiger partial charge in [-0.15, -0.1) is 0 Å². The van der Waals surface area contributed by atoms with Crippen LogP contribution in [0.15, 0.2) is 58.7 Å². The Morgan fingerprint density at radius 1 is 0.722 bits per heavy atom. The molecule has 0 heterocycles. The molecule has 4 nitrogen and oxygen atoms in total. The maximum atomic E-state index is 9.25. The van der Waals surface area contributed by atoms with Crippen molar-refractivity contribution in [1.29, 1.82) is 0 Å². The highest BCUT2D eigenvalue weighted by Gasteiger charge is 1.90. The molecule has 0 saturated carbocycles. The summed E-state index contributed by atoms with van der Waals surface area (Å²) in [6.45, 7) is 0. The van der Waals surface area contributed by atoms with Gasteiger partial charge in [-0.25, -0.2) is 0 Å². The number of phenolic OH excluding ortho intramolecular Hbond substituents is 2. The molecule has 0 atom stereocenters. The van der Waals surface area contributed by atoms with E-state index in [2.05, 4.69) is 10.2 Å². The second-order valence-electron chi connectivity index (χ2n) is 3.68. The highest BCUT2D eigenvalue weighted by Crippen LogP contribution is 2.10. The molecular weight excluding hydrogens is 228 g/mol. The van der Waals surface area contributed by atoms with Crippen LogP contribution in [0.5, 0.6) is 11.5 Å². The Kier molecular flexibility index (Phi) is 3.71. The molecule has 0 aliphatic heterocycles. The lowest BCUT2D eigenvalue weighted by Gasteiger charge is -1.93. The summed E-state index contributed by atoms with van der Waals surface area (Å²) >= 11 is 0. The van der Waals surface area contributed by atoms with Crippen LogP contribution in [0.1, 0.15) is 11.1 Å². The SMILES string of the molecule is Oc1cccc(C=NN=Cc2cccc(O)c2)c1. The van der Waals surface area contributed by atoms with E-state index in [0.717, 1.165) is 11.1 Å². The predicted molar refractivity (Wildman–Crippen MR) is 71.4 cm³/mol. The minimum atomic E-state index is 0.191. The van der Waals surface area contributed by atoms with Crippen LogP contribution in [0.2, 0.25) is 0 Å². The van der Waals surface area contributed by atoms with E-state index in [4.69, 9.17) is 0 Å². The van der Waals surface area contributed by atoms with Gasteiger partial charge in [-0.1, -0.05) is 24.3 Å². The van der Waals surface area contributed by atoms with Crippen LogP contribution in [-0.2, 0) is 0 Å². The standard InChI is InChI=1S/C14H12N2O2/c17-13-5-1-3-11(7-13)9-15-16-10-12-4-2-6-14(18)8-12/h1-10,17-18H. The lowest BCUT2D eigenvalue weighted by atomic mass is 10.2. The van der Waals surface area contributed by atoms with Gasteiger partial charge in [-0.05, 0) is 35.4 Å². The van der Waals surface area contributed by atoms with Crippen LogP contribution in [0.25, 0.3) is 0 Å². The number of aromatic hydroxyl groups is 2. The molecule has 2 N–H and O–H groups in total. The van der Waals surface area contributed by atoms with Crippen molar-refractivity contribution in [3.05, 3.63) is 59.7 Å². The summed E-state index contributed by atoms with van der Waals surface area (Å²) in [6.07, 6.45) is 3.08. The first-order valence-corrected chi connectivity index (χ1v) is 5.38. The van der Waals surface area contributed by atoms with Crippen LogP contribution >= 0.6 is 0 Å². The first-order chi connectivity index (χ1) is 8.74. The largest absolute Gasteiger partial charge is 0.508 e. The Bertz CT molecular complexity index is 538. The Labute approximate surface area is 105 Å². The van der Waals surface area contributed by atoms with Crippen LogP contribution in [0.4, 0.5) is 0 Å². The fourth-order valence-electron chi connectivity index (χ4n) is 1.41. The fourth-order valence-corrected chi connectivity index (χ4v) is 1.41. The summed E-state index contributed by atoms with van der Waals surface area (Å²) in [7, 11) is 0. The van der Waals surface area contributed by atoms with Crippen LogP contribution in [-0.4, -0.2) is 22.6 Å². The average molecular weight is 240 g/mol. The smallest absolute Gasteiger partial charge is 0.116 e. The summed E-state index contributed by atoms with van der Waals surface area (Å²) in [4.78, 5) is 0. The van der Waals surface area contributed by atoms with Crippen molar-refractivity contribution in [3.63, 3.8) is 0 Å². The Morgan fingerprint density at radius 3 is 1.56 bits per heavy atom. The molecule has 0 unspecified atom stereocenters. The van der Waals surface area contributed by atoms with Crippen molar-refractivity contribution >= 4 is 12.4 Å². The summed E-state index contributed by atoms with van der Waals surface area (Å²) in [5.74, 6) is 0.381. The summed E-state index contributed by atoms with van der Waals surface area (Å²) in [5, 5.41) is 26.2. The molecule has 2 aromatic rings. The molecule has 4 heteroatoms. The van der Waals surface area contributed by atoms with Gasteiger partial charge >= 0.3 is 0 Å². The molecule has 0 bridgehead atoms. The topological polar surface area (TPSA) is 65.2 Å². The van der Waals surface area contributed by atoms with Gasteiger partial charge in [-0.2, -0.15) is 10.2 Å². The molecule has 0 spiro atoms. The van der Waals surface area contributed by atoms with Gasteiger partial charge in [0.2, 0.25) is 0 Å². The molecule has 90 valence electrons. The van der Waals surface area contributed by atoms with Crippen LogP contribution in [0.3, 0.4) is 0 Å². The second-order valence-corrected chi connectivity index (χ2v) is 3.68. The molecule has 0 aromatic heterocycles. The first kappa shape index (κ1) is 11.9. The predicted octanol–water partition coefficient (Wildman–Crippen LogP) is 2.55. The van der Waals surface area contributed by atoms with Gasteiger partial charge in [0.1, 0.15) is 11.5 Å². The monoisotopic (exact) mass is 240 g/mol. The minimum Gasteiger partial charge on any atom is -0.508 e. The van der Waals surface area contributed by atoms with Gasteiger partial charge in [-0.3, -0.25) is 0 Å². The number of hydrogen-bond donors (Lipinski definition) is 2. The zero-order chi connectivity index (χ0) is 12.8. The number of rotatable bonds is 3. The number of phenols is 2. The van der Waals surface area contributed by atoms with Crippen molar-refractivity contribution in [3.8, 4) is 11.5 Å². The molecule has 18 heavy (non-hydrogen) atoms. The highest BCUT2D eigenvalue weighted by atomic mass is 16.3. The third-order valence-electron chi connectivity index (χ3n) is 2.22. The minimum absolute atomic E-state index is 0.191. The molecular formula is C14H12N2O2. The molecule has 0 saturated heterocycles.